The summed E-state index contributed by atoms with van der Waals surface area (Å²) >= 11 is 0. The number of aromatic amines is 1. The first kappa shape index (κ1) is 25.5. The number of amides is 1. The maximum absolute atomic E-state index is 13.1. The molecule has 0 saturated heterocycles. The number of pyridine rings is 1. The molecule has 12 heteroatoms. The molecule has 0 fully saturated rings. The summed E-state index contributed by atoms with van der Waals surface area (Å²) in [5.41, 5.74) is -0.923. The van der Waals surface area contributed by atoms with Crippen molar-refractivity contribution in [1.82, 2.24) is 10.3 Å². The summed E-state index contributed by atoms with van der Waals surface area (Å²) in [7, 11) is 2.81. The van der Waals surface area contributed by atoms with E-state index in [9.17, 15) is 19.5 Å². The van der Waals surface area contributed by atoms with Crippen LogP contribution in [0.5, 0.6) is 28.7 Å². The molecule has 37 heavy (non-hydrogen) atoms. The minimum atomic E-state index is -1.10. The van der Waals surface area contributed by atoms with Gasteiger partial charge in [0, 0.05) is 24.1 Å². The molecule has 0 bridgehead atoms. The first-order chi connectivity index (χ1) is 17.9. The highest BCUT2D eigenvalue weighted by Gasteiger charge is 2.35. The van der Waals surface area contributed by atoms with E-state index in [-0.39, 0.29) is 54.7 Å². The number of benzene rings is 1. The molecule has 3 aromatic rings. The topological polar surface area (TPSA) is 159 Å². The zero-order valence-corrected chi connectivity index (χ0v) is 20.4. The van der Waals surface area contributed by atoms with Crippen LogP contribution in [-0.2, 0) is 16.1 Å². The lowest BCUT2D eigenvalue weighted by atomic mass is 9.86. The minimum absolute atomic E-state index is 0.0541. The first-order valence-corrected chi connectivity index (χ1v) is 11.3. The van der Waals surface area contributed by atoms with Gasteiger partial charge in [0.2, 0.25) is 24.2 Å². The fourth-order valence-corrected chi connectivity index (χ4v) is 4.10. The Labute approximate surface area is 211 Å². The third-order valence-corrected chi connectivity index (χ3v) is 5.77. The number of aromatic nitrogens is 1. The maximum atomic E-state index is 13.1. The van der Waals surface area contributed by atoms with Crippen molar-refractivity contribution >= 4 is 11.9 Å². The van der Waals surface area contributed by atoms with E-state index in [1.807, 2.05) is 0 Å². The Bertz CT molecular complexity index is 1350. The predicted octanol–water partition coefficient (Wildman–Crippen LogP) is 2.43. The van der Waals surface area contributed by atoms with Gasteiger partial charge in [0.1, 0.15) is 17.1 Å². The number of hydrogen-bond donors (Lipinski definition) is 3. The summed E-state index contributed by atoms with van der Waals surface area (Å²) < 4.78 is 32.4. The molecule has 0 aliphatic carbocycles. The lowest BCUT2D eigenvalue weighted by Gasteiger charge is -2.22. The number of methoxy groups -OCH3 is 2. The van der Waals surface area contributed by atoms with Crippen LogP contribution in [0.4, 0.5) is 0 Å². The molecule has 0 unspecified atom stereocenters. The molecule has 1 aliphatic heterocycles. The van der Waals surface area contributed by atoms with Gasteiger partial charge in [0.25, 0.3) is 5.56 Å². The smallest absolute Gasteiger partial charge is 0.343 e. The summed E-state index contributed by atoms with van der Waals surface area (Å²) in [5, 5.41) is 13.8. The van der Waals surface area contributed by atoms with Gasteiger partial charge < -0.3 is 43.5 Å². The van der Waals surface area contributed by atoms with Crippen LogP contribution in [0.25, 0.3) is 0 Å². The van der Waals surface area contributed by atoms with Gasteiger partial charge in [-0.2, -0.15) is 0 Å². The van der Waals surface area contributed by atoms with E-state index in [4.69, 9.17) is 28.1 Å². The molecule has 0 saturated carbocycles. The van der Waals surface area contributed by atoms with Crippen LogP contribution < -0.4 is 29.8 Å². The molecule has 196 valence electrons. The number of rotatable bonds is 10. The molecular weight excluding hydrogens is 488 g/mol. The Balaban J connectivity index is 1.85. The molecule has 2 aromatic heterocycles. The molecule has 1 atom stereocenters. The molecule has 0 radical (unpaired) electrons. The van der Waals surface area contributed by atoms with Gasteiger partial charge in [-0.25, -0.2) is 4.79 Å². The fraction of sp³-hybridized carbons (Fsp3) is 0.320. The van der Waals surface area contributed by atoms with E-state index in [0.29, 0.717) is 17.1 Å². The van der Waals surface area contributed by atoms with Crippen molar-refractivity contribution in [2.24, 2.45) is 0 Å². The number of H-pyrrole nitrogens is 1. The number of esters is 1. The average molecular weight is 514 g/mol. The number of nitrogens with one attached hydrogen (secondary N) is 2. The van der Waals surface area contributed by atoms with Gasteiger partial charge in [0.15, 0.2) is 11.5 Å². The fourth-order valence-electron chi connectivity index (χ4n) is 4.10. The van der Waals surface area contributed by atoms with Crippen LogP contribution in [0.3, 0.4) is 0 Å². The van der Waals surface area contributed by atoms with Gasteiger partial charge in [-0.3, -0.25) is 9.59 Å². The molecule has 1 aliphatic rings. The quantitative estimate of drug-likeness (QED) is 0.343. The summed E-state index contributed by atoms with van der Waals surface area (Å²) in [5.74, 6) is -1.55. The average Bonchev–Trinajstić information content (AvgIpc) is 3.58. The van der Waals surface area contributed by atoms with Crippen LogP contribution in [0.15, 0.2) is 39.9 Å². The van der Waals surface area contributed by atoms with Crippen LogP contribution in [0.2, 0.25) is 0 Å². The SMILES string of the molecule is CCOC(=O)c1c[nH]c(=O)c([C@H](CC(=O)NCc2ccco2)c2cc(OC)c3c(c2OC)OCO3)c1O. The van der Waals surface area contributed by atoms with Gasteiger partial charge >= 0.3 is 5.97 Å². The Kier molecular flexibility index (Phi) is 7.56. The molecule has 3 heterocycles. The number of furan rings is 1. The van der Waals surface area contributed by atoms with Crippen molar-refractivity contribution in [2.75, 3.05) is 27.6 Å². The Morgan fingerprint density at radius 2 is 2.00 bits per heavy atom. The second-order valence-electron chi connectivity index (χ2n) is 7.89. The van der Waals surface area contributed by atoms with Gasteiger partial charge in [-0.05, 0) is 25.1 Å². The normalized spacial score (nSPS) is 12.6. The van der Waals surface area contributed by atoms with E-state index in [0.717, 1.165) is 6.20 Å². The van der Waals surface area contributed by atoms with Crippen molar-refractivity contribution in [2.45, 2.75) is 25.8 Å². The van der Waals surface area contributed by atoms with Crippen molar-refractivity contribution in [3.05, 3.63) is 63.5 Å². The van der Waals surface area contributed by atoms with E-state index in [2.05, 4.69) is 10.3 Å². The van der Waals surface area contributed by atoms with Gasteiger partial charge in [-0.1, -0.05) is 0 Å². The van der Waals surface area contributed by atoms with Crippen molar-refractivity contribution in [3.63, 3.8) is 0 Å². The molecule has 0 spiro atoms. The zero-order valence-electron chi connectivity index (χ0n) is 20.4. The number of fused-ring (bicyclic) bond motifs is 1. The lowest BCUT2D eigenvalue weighted by Crippen LogP contribution is -2.28. The highest BCUT2D eigenvalue weighted by atomic mass is 16.7. The van der Waals surface area contributed by atoms with E-state index >= 15 is 0 Å². The van der Waals surface area contributed by atoms with E-state index in [1.54, 1.807) is 19.1 Å². The van der Waals surface area contributed by atoms with Crippen molar-refractivity contribution in [3.8, 4) is 28.7 Å². The third kappa shape index (κ3) is 5.03. The second-order valence-corrected chi connectivity index (χ2v) is 7.89. The van der Waals surface area contributed by atoms with Gasteiger partial charge in [0.05, 0.1) is 39.2 Å². The number of carbonyl (C=O) groups excluding carboxylic acids is 2. The van der Waals surface area contributed by atoms with Crippen LogP contribution in [0, 0.1) is 0 Å². The minimum Gasteiger partial charge on any atom is -0.506 e. The number of aromatic hydroxyl groups is 1. The van der Waals surface area contributed by atoms with Crippen molar-refractivity contribution in [1.29, 1.82) is 0 Å². The lowest BCUT2D eigenvalue weighted by molar-refractivity contribution is -0.121. The first-order valence-electron chi connectivity index (χ1n) is 11.3. The highest BCUT2D eigenvalue weighted by molar-refractivity contribution is 5.92. The second kappa shape index (κ2) is 11.0. The van der Waals surface area contributed by atoms with Crippen LogP contribution in [0.1, 0.15) is 46.5 Å². The predicted molar refractivity (Wildman–Crippen MR) is 127 cm³/mol. The Hall–Kier alpha value is -4.61. The van der Waals surface area contributed by atoms with Crippen LogP contribution >= 0.6 is 0 Å². The Morgan fingerprint density at radius 3 is 2.68 bits per heavy atom. The summed E-state index contributed by atoms with van der Waals surface area (Å²) in [6.07, 6.45) is 2.22. The maximum Gasteiger partial charge on any atom is 0.343 e. The molecule has 3 N–H and O–H groups in total. The number of carbonyl (C=O) groups is 2. The third-order valence-electron chi connectivity index (χ3n) is 5.77. The number of ether oxygens (including phenoxy) is 5. The van der Waals surface area contributed by atoms with Gasteiger partial charge in [-0.15, -0.1) is 0 Å². The largest absolute Gasteiger partial charge is 0.506 e. The molecule has 1 aromatic carbocycles. The Morgan fingerprint density at radius 1 is 1.22 bits per heavy atom. The van der Waals surface area contributed by atoms with E-state index < -0.39 is 29.1 Å². The summed E-state index contributed by atoms with van der Waals surface area (Å²) in [6, 6.07) is 4.92. The zero-order chi connectivity index (χ0) is 26.5. The van der Waals surface area contributed by atoms with E-state index in [1.165, 1.54) is 26.5 Å². The summed E-state index contributed by atoms with van der Waals surface area (Å²) in [6.45, 7) is 1.67. The van der Waals surface area contributed by atoms with Crippen molar-refractivity contribution < 1.29 is 42.8 Å². The molecular formula is C25H26N2O10. The highest BCUT2D eigenvalue weighted by Crippen LogP contribution is 2.53. The summed E-state index contributed by atoms with van der Waals surface area (Å²) in [4.78, 5) is 41.0. The monoisotopic (exact) mass is 514 g/mol. The molecule has 1 amide bonds. The van der Waals surface area contributed by atoms with Crippen LogP contribution in [-0.4, -0.2) is 49.6 Å². The standard InChI is InChI=1S/C25H26N2O10/c1-4-34-25(31)16-11-27-24(30)19(20(16)29)14(9-18(28)26-10-13-6-5-7-35-13)15-8-17(32-2)22-23(21(15)33-3)37-12-36-22/h5-8,11,14H,4,9-10,12H2,1-3H3,(H,26,28)(H2,27,29,30)/t14-/m1/s1. The molecule has 12 nitrogen and oxygen atoms in total. The molecule has 4 rings (SSSR count). The number of hydrogen-bond acceptors (Lipinski definition) is 10.